The molecule has 0 saturated heterocycles. The van der Waals surface area contributed by atoms with E-state index in [1.54, 1.807) is 0 Å². The number of nitrogens with zero attached hydrogens (tertiary/aromatic N) is 1. The van der Waals surface area contributed by atoms with Crippen molar-refractivity contribution in [1.29, 1.82) is 0 Å². The Morgan fingerprint density at radius 3 is 2.68 bits per heavy atom. The van der Waals surface area contributed by atoms with Crippen molar-refractivity contribution >= 4 is 9.84 Å². The number of benzene rings is 1. The lowest BCUT2D eigenvalue weighted by atomic mass is 10.1. The van der Waals surface area contributed by atoms with Gasteiger partial charge in [-0.15, -0.1) is 0 Å². The van der Waals surface area contributed by atoms with Crippen molar-refractivity contribution < 1.29 is 13.5 Å². The van der Waals surface area contributed by atoms with E-state index in [0.29, 0.717) is 13.0 Å². The maximum Gasteiger partial charge on any atom is 0.147 e. The maximum absolute atomic E-state index is 11.1. The van der Waals surface area contributed by atoms with Gasteiger partial charge in [-0.1, -0.05) is 24.3 Å². The Balaban J connectivity index is 1.94. The Kier molecular flexibility index (Phi) is 4.28. The van der Waals surface area contributed by atoms with Crippen LogP contribution in [0.4, 0.5) is 0 Å². The van der Waals surface area contributed by atoms with Crippen molar-refractivity contribution in [2.45, 2.75) is 25.0 Å². The van der Waals surface area contributed by atoms with E-state index in [9.17, 15) is 13.5 Å². The highest BCUT2D eigenvalue weighted by molar-refractivity contribution is 7.90. The van der Waals surface area contributed by atoms with Crippen LogP contribution in [-0.4, -0.2) is 50.1 Å². The van der Waals surface area contributed by atoms with E-state index in [1.165, 1.54) is 11.8 Å². The molecular formula is C14H21NO3S. The monoisotopic (exact) mass is 283 g/mol. The number of likely N-dealkylation sites (N-methyl/N-ethyl adjacent to an activating group) is 1. The summed E-state index contributed by atoms with van der Waals surface area (Å²) in [6.07, 6.45) is 2.22. The standard InChI is InChI=1S/C14H21NO3S/c1-15(8-5-9-19(2,17)18)13-10-11-6-3-4-7-12(11)14(13)16/h3-4,6-7,13-14,16H,5,8-10H2,1-2H3/t13-,14-/m0/s1. The highest BCUT2D eigenvalue weighted by atomic mass is 32.2. The van der Waals surface area contributed by atoms with Crippen molar-refractivity contribution in [2.24, 2.45) is 0 Å². The summed E-state index contributed by atoms with van der Waals surface area (Å²) in [5.74, 6) is 0.201. The first-order valence-corrected chi connectivity index (χ1v) is 8.58. The van der Waals surface area contributed by atoms with Gasteiger partial charge in [0.05, 0.1) is 11.9 Å². The van der Waals surface area contributed by atoms with Crippen LogP contribution in [0, 0.1) is 0 Å². The highest BCUT2D eigenvalue weighted by Gasteiger charge is 2.32. The second kappa shape index (κ2) is 5.61. The van der Waals surface area contributed by atoms with Gasteiger partial charge in [-0.05, 0) is 37.6 Å². The van der Waals surface area contributed by atoms with Crippen LogP contribution in [0.2, 0.25) is 0 Å². The van der Waals surface area contributed by atoms with Crippen LogP contribution < -0.4 is 0 Å². The molecule has 19 heavy (non-hydrogen) atoms. The summed E-state index contributed by atoms with van der Waals surface area (Å²) < 4.78 is 22.2. The summed E-state index contributed by atoms with van der Waals surface area (Å²) >= 11 is 0. The molecule has 0 heterocycles. The molecule has 0 unspecified atom stereocenters. The van der Waals surface area contributed by atoms with Crippen LogP contribution >= 0.6 is 0 Å². The normalized spacial score (nSPS) is 22.7. The first-order chi connectivity index (χ1) is 8.88. The predicted octanol–water partition coefficient (Wildman–Crippen LogP) is 1.01. The first-order valence-electron chi connectivity index (χ1n) is 6.52. The summed E-state index contributed by atoms with van der Waals surface area (Å²) in [7, 11) is -0.953. The quantitative estimate of drug-likeness (QED) is 0.876. The van der Waals surface area contributed by atoms with Crippen LogP contribution in [-0.2, 0) is 16.3 Å². The summed E-state index contributed by atoms with van der Waals surface area (Å²) in [6, 6.07) is 7.98. The van der Waals surface area contributed by atoms with Crippen LogP contribution in [0.3, 0.4) is 0 Å². The van der Waals surface area contributed by atoms with Crippen LogP contribution in [0.1, 0.15) is 23.7 Å². The molecule has 2 atom stereocenters. The fourth-order valence-electron chi connectivity index (χ4n) is 2.69. The van der Waals surface area contributed by atoms with E-state index in [-0.39, 0.29) is 11.8 Å². The fraction of sp³-hybridized carbons (Fsp3) is 0.571. The van der Waals surface area contributed by atoms with Gasteiger partial charge in [0.15, 0.2) is 0 Å². The van der Waals surface area contributed by atoms with Gasteiger partial charge in [0, 0.05) is 12.3 Å². The van der Waals surface area contributed by atoms with Crippen molar-refractivity contribution in [3.63, 3.8) is 0 Å². The van der Waals surface area contributed by atoms with Gasteiger partial charge < -0.3 is 10.0 Å². The van der Waals surface area contributed by atoms with Crippen LogP contribution in [0.15, 0.2) is 24.3 Å². The molecule has 5 heteroatoms. The molecule has 0 fully saturated rings. The maximum atomic E-state index is 11.1. The van der Waals surface area contributed by atoms with Crippen molar-refractivity contribution in [1.82, 2.24) is 4.90 Å². The van der Waals surface area contributed by atoms with Crippen LogP contribution in [0.25, 0.3) is 0 Å². The van der Waals surface area contributed by atoms with E-state index >= 15 is 0 Å². The molecule has 0 amide bonds. The first kappa shape index (κ1) is 14.5. The minimum absolute atomic E-state index is 0.0527. The molecule has 0 aliphatic heterocycles. The average Bonchev–Trinajstić information content (AvgIpc) is 2.66. The SMILES string of the molecule is CN(CCCS(C)(=O)=O)[C@H]1Cc2ccccc2[C@@H]1O. The fourth-order valence-corrected chi connectivity index (χ4v) is 3.35. The summed E-state index contributed by atoms with van der Waals surface area (Å²) in [4.78, 5) is 2.07. The number of sulfone groups is 1. The number of aliphatic hydroxyl groups excluding tert-OH is 1. The molecule has 0 bridgehead atoms. The summed E-state index contributed by atoms with van der Waals surface area (Å²) in [5.41, 5.74) is 2.19. The zero-order valence-corrected chi connectivity index (χ0v) is 12.2. The lowest BCUT2D eigenvalue weighted by Crippen LogP contribution is -2.36. The Bertz CT molecular complexity index is 541. The third-order valence-corrected chi connectivity index (χ3v) is 4.79. The number of fused-ring (bicyclic) bond motifs is 1. The van der Waals surface area contributed by atoms with E-state index in [1.807, 2.05) is 31.3 Å². The van der Waals surface area contributed by atoms with E-state index < -0.39 is 15.9 Å². The van der Waals surface area contributed by atoms with Gasteiger partial charge in [0.2, 0.25) is 0 Å². The van der Waals surface area contributed by atoms with Crippen molar-refractivity contribution in [2.75, 3.05) is 25.6 Å². The van der Waals surface area contributed by atoms with E-state index in [2.05, 4.69) is 4.90 Å². The predicted molar refractivity (Wildman–Crippen MR) is 75.9 cm³/mol. The van der Waals surface area contributed by atoms with Gasteiger partial charge in [-0.25, -0.2) is 8.42 Å². The third-order valence-electron chi connectivity index (χ3n) is 3.76. The topological polar surface area (TPSA) is 57.6 Å². The molecule has 1 N–H and O–H groups in total. The van der Waals surface area contributed by atoms with Crippen molar-refractivity contribution in [3.05, 3.63) is 35.4 Å². The van der Waals surface area contributed by atoms with Crippen molar-refractivity contribution in [3.8, 4) is 0 Å². The number of rotatable bonds is 5. The Morgan fingerprint density at radius 1 is 1.37 bits per heavy atom. The second-order valence-corrected chi connectivity index (χ2v) is 7.64. The Morgan fingerprint density at radius 2 is 2.05 bits per heavy atom. The summed E-state index contributed by atoms with van der Waals surface area (Å²) in [6.45, 7) is 0.683. The smallest absolute Gasteiger partial charge is 0.147 e. The molecule has 0 radical (unpaired) electrons. The molecular weight excluding hydrogens is 262 g/mol. The molecule has 1 aliphatic carbocycles. The summed E-state index contributed by atoms with van der Waals surface area (Å²) in [5, 5.41) is 10.3. The van der Waals surface area contributed by atoms with Gasteiger partial charge in [0.1, 0.15) is 9.84 Å². The molecule has 0 spiro atoms. The molecule has 4 nitrogen and oxygen atoms in total. The second-order valence-electron chi connectivity index (χ2n) is 5.38. The number of hydrogen-bond donors (Lipinski definition) is 1. The lowest BCUT2D eigenvalue weighted by molar-refractivity contribution is 0.0763. The molecule has 0 saturated carbocycles. The number of aliphatic hydroxyl groups is 1. The van der Waals surface area contributed by atoms with E-state index in [0.717, 1.165) is 12.0 Å². The average molecular weight is 283 g/mol. The zero-order chi connectivity index (χ0) is 14.0. The third kappa shape index (κ3) is 3.55. The Labute approximate surface area is 115 Å². The molecule has 1 aromatic carbocycles. The van der Waals surface area contributed by atoms with Gasteiger partial charge >= 0.3 is 0 Å². The minimum Gasteiger partial charge on any atom is -0.387 e. The van der Waals surface area contributed by atoms with Crippen LogP contribution in [0.5, 0.6) is 0 Å². The molecule has 106 valence electrons. The minimum atomic E-state index is -2.90. The zero-order valence-electron chi connectivity index (χ0n) is 11.4. The lowest BCUT2D eigenvalue weighted by Gasteiger charge is -2.27. The van der Waals surface area contributed by atoms with Gasteiger partial charge in [-0.3, -0.25) is 0 Å². The van der Waals surface area contributed by atoms with Gasteiger partial charge in [-0.2, -0.15) is 0 Å². The highest BCUT2D eigenvalue weighted by Crippen LogP contribution is 2.33. The molecule has 0 aromatic heterocycles. The van der Waals surface area contributed by atoms with Gasteiger partial charge in [0.25, 0.3) is 0 Å². The largest absolute Gasteiger partial charge is 0.387 e. The molecule has 2 rings (SSSR count). The number of hydrogen-bond acceptors (Lipinski definition) is 4. The Hall–Kier alpha value is -0.910. The molecule has 1 aromatic rings. The van der Waals surface area contributed by atoms with E-state index in [4.69, 9.17) is 0 Å². The molecule has 1 aliphatic rings.